The molecule has 6 nitrogen and oxygen atoms in total. The molecule has 0 aliphatic carbocycles. The van der Waals surface area contributed by atoms with Gasteiger partial charge in [0.25, 0.3) is 0 Å². The summed E-state index contributed by atoms with van der Waals surface area (Å²) in [5.41, 5.74) is -0.681. The number of alkyl halides is 3. The fraction of sp³-hybridized carbons (Fsp3) is 0.381. The minimum atomic E-state index is -4.69. The number of halogens is 3. The fourth-order valence-electron chi connectivity index (χ4n) is 3.64. The van der Waals surface area contributed by atoms with Gasteiger partial charge < -0.3 is 4.74 Å². The monoisotopic (exact) mass is 487 g/mol. The average molecular weight is 488 g/mol. The molecule has 0 radical (unpaired) electrons. The van der Waals surface area contributed by atoms with Crippen LogP contribution in [0.5, 0.6) is 0 Å². The number of hydrogen-bond acceptors (Lipinski definition) is 6. The Morgan fingerprint density at radius 2 is 1.78 bits per heavy atom. The van der Waals surface area contributed by atoms with Crippen molar-refractivity contribution < 1.29 is 34.7 Å². The van der Waals surface area contributed by atoms with Crippen molar-refractivity contribution in [3.05, 3.63) is 59.2 Å². The van der Waals surface area contributed by atoms with E-state index in [0.29, 0.717) is 11.6 Å². The zero-order valence-corrected chi connectivity index (χ0v) is 18.8. The summed E-state index contributed by atoms with van der Waals surface area (Å²) in [7, 11) is -7.85. The predicted molar refractivity (Wildman–Crippen MR) is 109 cm³/mol. The van der Waals surface area contributed by atoms with Gasteiger partial charge in [-0.1, -0.05) is 6.07 Å². The number of benzene rings is 2. The van der Waals surface area contributed by atoms with E-state index in [1.165, 1.54) is 25.1 Å². The highest BCUT2D eigenvalue weighted by Gasteiger charge is 2.46. The minimum absolute atomic E-state index is 0.00958. The molecule has 0 N–H and O–H groups in total. The number of rotatable bonds is 4. The van der Waals surface area contributed by atoms with Crippen LogP contribution in [-0.4, -0.2) is 34.4 Å². The van der Waals surface area contributed by atoms with Crippen molar-refractivity contribution in [1.29, 1.82) is 5.26 Å². The Morgan fingerprint density at radius 1 is 1.09 bits per heavy atom. The number of sulfone groups is 2. The zero-order valence-electron chi connectivity index (χ0n) is 17.2. The highest BCUT2D eigenvalue weighted by Crippen LogP contribution is 2.43. The molecular formula is C21H20F3NO5S2. The molecule has 0 aromatic heterocycles. The number of hydrogen-bond donors (Lipinski definition) is 0. The van der Waals surface area contributed by atoms with Gasteiger partial charge in [0, 0.05) is 12.9 Å². The molecule has 11 heteroatoms. The summed E-state index contributed by atoms with van der Waals surface area (Å²) < 4.78 is 94.2. The van der Waals surface area contributed by atoms with E-state index >= 15 is 0 Å². The van der Waals surface area contributed by atoms with Crippen LogP contribution >= 0.6 is 0 Å². The molecule has 1 aliphatic heterocycles. The minimum Gasteiger partial charge on any atom is -0.373 e. The van der Waals surface area contributed by atoms with E-state index in [2.05, 4.69) is 0 Å². The first-order valence-electron chi connectivity index (χ1n) is 9.46. The molecule has 2 aromatic carbocycles. The molecule has 32 heavy (non-hydrogen) atoms. The van der Waals surface area contributed by atoms with Gasteiger partial charge in [0.05, 0.1) is 37.8 Å². The lowest BCUT2D eigenvalue weighted by molar-refractivity contribution is -0.137. The van der Waals surface area contributed by atoms with Crippen LogP contribution < -0.4 is 0 Å². The van der Waals surface area contributed by atoms with Gasteiger partial charge in [-0.25, -0.2) is 16.8 Å². The highest BCUT2D eigenvalue weighted by atomic mass is 32.2. The van der Waals surface area contributed by atoms with Crippen LogP contribution in [0.25, 0.3) is 0 Å². The Bertz CT molecular complexity index is 1300. The molecule has 1 fully saturated rings. The van der Waals surface area contributed by atoms with Crippen molar-refractivity contribution in [2.45, 2.75) is 46.6 Å². The van der Waals surface area contributed by atoms with Crippen LogP contribution in [0, 0.1) is 11.3 Å². The molecule has 172 valence electrons. The third-order valence-electron chi connectivity index (χ3n) is 5.55. The van der Waals surface area contributed by atoms with Crippen LogP contribution in [0.1, 0.15) is 42.6 Å². The van der Waals surface area contributed by atoms with Crippen LogP contribution in [-0.2, 0) is 30.6 Å². The molecule has 0 bridgehead atoms. The van der Waals surface area contributed by atoms with Gasteiger partial charge in [-0.3, -0.25) is 0 Å². The Hall–Kier alpha value is -2.42. The van der Waals surface area contributed by atoms with E-state index < -0.39 is 47.2 Å². The lowest BCUT2D eigenvalue weighted by Gasteiger charge is -2.38. The van der Waals surface area contributed by atoms with Gasteiger partial charge in [-0.05, 0) is 61.7 Å². The van der Waals surface area contributed by atoms with Crippen molar-refractivity contribution >= 4 is 19.7 Å². The lowest BCUT2D eigenvalue weighted by atomic mass is 9.92. The van der Waals surface area contributed by atoms with Gasteiger partial charge >= 0.3 is 6.18 Å². The number of ether oxygens (including phenoxy) is 1. The first-order valence-corrected chi connectivity index (χ1v) is 12.8. The highest BCUT2D eigenvalue weighted by molar-refractivity contribution is 7.92. The SMILES string of the molecule is CC1(S(=O)(=O)c2cccc(C(F)(F)F)c2)CCOC(c2cc(C#N)cc(S(C)(=O)=O)c2)C1. The molecule has 1 aliphatic rings. The molecule has 1 saturated heterocycles. The third-order valence-corrected chi connectivity index (χ3v) is 9.18. The second kappa shape index (κ2) is 8.17. The summed E-state index contributed by atoms with van der Waals surface area (Å²) in [6.07, 6.45) is -4.65. The second-order valence-corrected chi connectivity index (χ2v) is 12.4. The lowest BCUT2D eigenvalue weighted by Crippen LogP contribution is -2.42. The van der Waals surface area contributed by atoms with Gasteiger partial charge in [0.2, 0.25) is 0 Å². The molecule has 2 aromatic rings. The molecular weight excluding hydrogens is 467 g/mol. The Kier molecular flexibility index (Phi) is 6.19. The molecule has 2 atom stereocenters. The van der Waals surface area contributed by atoms with E-state index in [4.69, 9.17) is 4.74 Å². The van der Waals surface area contributed by atoms with Gasteiger partial charge in [-0.2, -0.15) is 18.4 Å². The van der Waals surface area contributed by atoms with Crippen LogP contribution in [0.2, 0.25) is 0 Å². The molecule has 0 spiro atoms. The number of nitrogens with zero attached hydrogens (tertiary/aromatic N) is 1. The molecule has 0 saturated carbocycles. The van der Waals surface area contributed by atoms with E-state index in [-0.39, 0.29) is 29.9 Å². The summed E-state index contributed by atoms with van der Waals surface area (Å²) >= 11 is 0. The van der Waals surface area contributed by atoms with E-state index in [0.717, 1.165) is 24.5 Å². The van der Waals surface area contributed by atoms with Crippen molar-refractivity contribution in [3.63, 3.8) is 0 Å². The van der Waals surface area contributed by atoms with E-state index in [9.17, 15) is 35.3 Å². The number of nitriles is 1. The third kappa shape index (κ3) is 4.67. The first-order chi connectivity index (χ1) is 14.7. The summed E-state index contributed by atoms with van der Waals surface area (Å²) in [5, 5.41) is 9.25. The quantitative estimate of drug-likeness (QED) is 0.645. The smallest absolute Gasteiger partial charge is 0.373 e. The summed E-state index contributed by atoms with van der Waals surface area (Å²) in [6, 6.07) is 9.41. The predicted octanol–water partition coefficient (Wildman–Crippen LogP) is 4.06. The first kappa shape index (κ1) is 24.2. The molecule has 0 amide bonds. The summed E-state index contributed by atoms with van der Waals surface area (Å²) in [5.74, 6) is 0. The van der Waals surface area contributed by atoms with Crippen molar-refractivity contribution in [1.82, 2.24) is 0 Å². The maximum Gasteiger partial charge on any atom is 0.416 e. The van der Waals surface area contributed by atoms with E-state index in [1.54, 1.807) is 0 Å². The van der Waals surface area contributed by atoms with Crippen LogP contribution in [0.4, 0.5) is 13.2 Å². The van der Waals surface area contributed by atoms with Gasteiger partial charge in [-0.15, -0.1) is 0 Å². The van der Waals surface area contributed by atoms with Gasteiger partial charge in [0.1, 0.15) is 0 Å². The molecule has 1 heterocycles. The maximum atomic E-state index is 13.3. The Labute approximate surface area is 184 Å². The standard InChI is InChI=1S/C21H20F3NO5S2/c1-20(32(28,29)17-5-3-4-16(11-17)21(22,23)24)6-7-30-19(12-20)15-8-14(13-25)9-18(10-15)31(2,26)27/h3-5,8-11,19H,6-7,12H2,1-2H3. The summed E-state index contributed by atoms with van der Waals surface area (Å²) in [6.45, 7) is 1.42. The topological polar surface area (TPSA) is 101 Å². The second-order valence-electron chi connectivity index (χ2n) is 7.97. The van der Waals surface area contributed by atoms with Gasteiger partial charge in [0.15, 0.2) is 19.7 Å². The fourth-order valence-corrected chi connectivity index (χ4v) is 6.16. The Balaban J connectivity index is 2.02. The van der Waals surface area contributed by atoms with E-state index in [1.807, 2.05) is 6.07 Å². The van der Waals surface area contributed by atoms with Crippen molar-refractivity contribution in [2.75, 3.05) is 12.9 Å². The molecule has 3 rings (SSSR count). The maximum absolute atomic E-state index is 13.3. The average Bonchev–Trinajstić information content (AvgIpc) is 2.72. The van der Waals surface area contributed by atoms with Crippen molar-refractivity contribution in [2.24, 2.45) is 0 Å². The zero-order chi connectivity index (χ0) is 23.9. The molecule has 2 unspecified atom stereocenters. The largest absolute Gasteiger partial charge is 0.416 e. The summed E-state index contributed by atoms with van der Waals surface area (Å²) in [4.78, 5) is -0.554. The van der Waals surface area contributed by atoms with Crippen LogP contribution in [0.3, 0.4) is 0 Å². The Morgan fingerprint density at radius 3 is 2.38 bits per heavy atom. The van der Waals surface area contributed by atoms with Crippen molar-refractivity contribution in [3.8, 4) is 6.07 Å². The van der Waals surface area contributed by atoms with Crippen LogP contribution in [0.15, 0.2) is 52.3 Å². The normalized spacial score (nSPS) is 22.3.